The summed E-state index contributed by atoms with van der Waals surface area (Å²) in [7, 11) is 3.18. The molecule has 35 heavy (non-hydrogen) atoms. The van der Waals surface area contributed by atoms with E-state index in [0.29, 0.717) is 23.4 Å². The Hall–Kier alpha value is -4.74. The Balaban J connectivity index is 1.56. The van der Waals surface area contributed by atoms with Crippen LogP contribution < -0.4 is 20.6 Å². The molecule has 0 aliphatic heterocycles. The summed E-state index contributed by atoms with van der Waals surface area (Å²) in [4.78, 5) is 13.0. The molecule has 0 atom stereocenters. The highest BCUT2D eigenvalue weighted by atomic mass is 16.6. The van der Waals surface area contributed by atoms with Crippen molar-refractivity contribution in [3.8, 4) is 28.6 Å². The summed E-state index contributed by atoms with van der Waals surface area (Å²) in [6, 6.07) is 14.9. The minimum absolute atomic E-state index is 0.00148. The lowest BCUT2D eigenvalue weighted by atomic mass is 10.1. The number of rotatable bonds is 9. The van der Waals surface area contributed by atoms with Crippen molar-refractivity contribution in [2.45, 2.75) is 19.8 Å². The summed E-state index contributed by atoms with van der Waals surface area (Å²) in [6.07, 6.45) is 1.42. The fourth-order valence-corrected chi connectivity index (χ4v) is 3.32. The summed E-state index contributed by atoms with van der Waals surface area (Å²) < 4.78 is 16.5. The third kappa shape index (κ3) is 5.27. The fourth-order valence-electron chi connectivity index (χ4n) is 3.32. The van der Waals surface area contributed by atoms with E-state index in [1.54, 1.807) is 38.5 Å². The lowest BCUT2D eigenvalue weighted by molar-refractivity contribution is 0.0950. The molecule has 0 saturated carbocycles. The number of amides is 1. The Morgan fingerprint density at radius 2 is 1.89 bits per heavy atom. The van der Waals surface area contributed by atoms with Gasteiger partial charge in [-0.25, -0.2) is 10.1 Å². The van der Waals surface area contributed by atoms with E-state index < -0.39 is 5.91 Å². The number of carbonyl (C=O) groups excluding carboxylic acids is 1. The summed E-state index contributed by atoms with van der Waals surface area (Å²) >= 11 is 0. The van der Waals surface area contributed by atoms with Gasteiger partial charge in [0.15, 0.2) is 5.69 Å². The average Bonchev–Trinajstić information content (AvgIpc) is 3.52. The zero-order valence-corrected chi connectivity index (χ0v) is 19.4. The molecule has 0 spiro atoms. The lowest BCUT2D eigenvalue weighted by Gasteiger charge is -2.08. The van der Waals surface area contributed by atoms with E-state index in [1.165, 1.54) is 4.68 Å². The number of nitrogens with one attached hydrogen (secondary N) is 1. The molecule has 2 heterocycles. The largest absolute Gasteiger partial charge is 0.497 e. The molecular weight excluding hydrogens is 452 g/mol. The van der Waals surface area contributed by atoms with Gasteiger partial charge in [0.25, 0.3) is 5.91 Å². The monoisotopic (exact) mass is 476 g/mol. The third-order valence-corrected chi connectivity index (χ3v) is 5.21. The zero-order chi connectivity index (χ0) is 24.8. The molecule has 4 aromatic rings. The molecule has 0 fully saturated rings. The summed E-state index contributed by atoms with van der Waals surface area (Å²) in [6.45, 7) is 1.84. The number of methoxy groups -OCH3 is 2. The number of hydrogen-bond acceptors (Lipinski definition) is 10. The second-order valence-electron chi connectivity index (χ2n) is 7.54. The molecule has 12 heteroatoms. The van der Waals surface area contributed by atoms with Crippen LogP contribution in [0.2, 0.25) is 0 Å². The zero-order valence-electron chi connectivity index (χ0n) is 19.4. The summed E-state index contributed by atoms with van der Waals surface area (Å²) in [5.74, 6) is 0.939. The molecule has 0 bridgehead atoms. The van der Waals surface area contributed by atoms with Gasteiger partial charge in [-0.05, 0) is 59.9 Å². The number of nitrogens with two attached hydrogens (primary N) is 1. The van der Waals surface area contributed by atoms with E-state index in [2.05, 4.69) is 31.2 Å². The molecule has 0 radical (unpaired) electrons. The van der Waals surface area contributed by atoms with Gasteiger partial charge in [0.2, 0.25) is 11.6 Å². The molecule has 0 aliphatic rings. The standard InChI is InChI=1S/C23H24N8O4/c1-14(7-8-15-9-11-17(33-2)12-10-15)25-27-23(32)19-20(16-5-4-6-18(13-16)34-3)31(30-26-19)22-21(24)28-35-29-22/h4-6,9-13H,7-8H2,1-3H3,(H2,24,28)(H,27,32)/b25-14-. The highest BCUT2D eigenvalue weighted by molar-refractivity contribution is 5.99. The van der Waals surface area contributed by atoms with Crippen molar-refractivity contribution < 1.29 is 18.9 Å². The lowest BCUT2D eigenvalue weighted by Crippen LogP contribution is -2.20. The molecule has 2 aromatic carbocycles. The number of nitrogens with zero attached hydrogens (tertiary/aromatic N) is 6. The van der Waals surface area contributed by atoms with Crippen LogP contribution in [0.25, 0.3) is 17.1 Å². The summed E-state index contributed by atoms with van der Waals surface area (Å²) in [5, 5.41) is 19.7. The van der Waals surface area contributed by atoms with E-state index in [-0.39, 0.29) is 17.3 Å². The van der Waals surface area contributed by atoms with Crippen LogP contribution >= 0.6 is 0 Å². The predicted octanol–water partition coefficient (Wildman–Crippen LogP) is 2.66. The van der Waals surface area contributed by atoms with Gasteiger partial charge in [0.1, 0.15) is 17.2 Å². The number of benzene rings is 2. The molecule has 0 aliphatic carbocycles. The van der Waals surface area contributed by atoms with Crippen LogP contribution in [-0.4, -0.2) is 51.1 Å². The van der Waals surface area contributed by atoms with Crippen LogP contribution in [0.3, 0.4) is 0 Å². The van der Waals surface area contributed by atoms with E-state index in [0.717, 1.165) is 23.4 Å². The van der Waals surface area contributed by atoms with Crippen molar-refractivity contribution >= 4 is 17.4 Å². The third-order valence-electron chi connectivity index (χ3n) is 5.21. The average molecular weight is 476 g/mol. The minimum Gasteiger partial charge on any atom is -0.497 e. The Labute approximate surface area is 200 Å². The number of carbonyl (C=O) groups is 1. The molecular formula is C23H24N8O4. The number of anilines is 1. The van der Waals surface area contributed by atoms with Gasteiger partial charge in [0, 0.05) is 11.3 Å². The van der Waals surface area contributed by atoms with Crippen molar-refractivity contribution in [3.05, 3.63) is 59.8 Å². The van der Waals surface area contributed by atoms with E-state index in [1.807, 2.05) is 31.2 Å². The molecule has 0 unspecified atom stereocenters. The second-order valence-corrected chi connectivity index (χ2v) is 7.54. The molecule has 2 aromatic heterocycles. The first-order chi connectivity index (χ1) is 17.0. The van der Waals surface area contributed by atoms with Crippen LogP contribution in [0, 0.1) is 0 Å². The highest BCUT2D eigenvalue weighted by Crippen LogP contribution is 2.29. The Morgan fingerprint density at radius 1 is 1.11 bits per heavy atom. The van der Waals surface area contributed by atoms with Crippen molar-refractivity contribution in [3.63, 3.8) is 0 Å². The van der Waals surface area contributed by atoms with Gasteiger partial charge < -0.3 is 15.2 Å². The maximum absolute atomic E-state index is 13.0. The second kappa shape index (κ2) is 10.5. The molecule has 4 rings (SSSR count). The van der Waals surface area contributed by atoms with Gasteiger partial charge in [-0.3, -0.25) is 4.79 Å². The van der Waals surface area contributed by atoms with Crippen LogP contribution in [0.4, 0.5) is 5.82 Å². The first-order valence-electron chi connectivity index (χ1n) is 10.6. The van der Waals surface area contributed by atoms with Gasteiger partial charge >= 0.3 is 0 Å². The predicted molar refractivity (Wildman–Crippen MR) is 128 cm³/mol. The molecule has 0 saturated heterocycles. The molecule has 1 amide bonds. The van der Waals surface area contributed by atoms with E-state index in [4.69, 9.17) is 19.8 Å². The Kier molecular flexibility index (Phi) is 7.00. The number of hydrogen-bond donors (Lipinski definition) is 2. The van der Waals surface area contributed by atoms with Crippen molar-refractivity contribution in [2.24, 2.45) is 5.10 Å². The van der Waals surface area contributed by atoms with Crippen LogP contribution in [0.1, 0.15) is 29.4 Å². The normalized spacial score (nSPS) is 11.3. The molecule has 180 valence electrons. The SMILES string of the molecule is COc1ccc(CC/C(C)=N\NC(=O)c2nnn(-c3nonc3N)c2-c2cccc(OC)c2)cc1. The van der Waals surface area contributed by atoms with Crippen LogP contribution in [-0.2, 0) is 6.42 Å². The number of aryl methyl sites for hydroxylation is 1. The number of ether oxygens (including phenoxy) is 2. The highest BCUT2D eigenvalue weighted by Gasteiger charge is 2.25. The Morgan fingerprint density at radius 3 is 2.57 bits per heavy atom. The topological polar surface area (TPSA) is 156 Å². The van der Waals surface area contributed by atoms with Crippen molar-refractivity contribution in [1.82, 2.24) is 30.7 Å². The van der Waals surface area contributed by atoms with Crippen LogP contribution in [0.15, 0.2) is 58.3 Å². The number of nitrogen functional groups attached to an aromatic ring is 1. The van der Waals surface area contributed by atoms with Gasteiger partial charge in [-0.15, -0.1) is 5.10 Å². The minimum atomic E-state index is -0.548. The van der Waals surface area contributed by atoms with Gasteiger partial charge in [-0.1, -0.05) is 29.5 Å². The summed E-state index contributed by atoms with van der Waals surface area (Å²) in [5.41, 5.74) is 11.2. The molecule has 3 N–H and O–H groups in total. The number of aromatic nitrogens is 5. The maximum atomic E-state index is 13.0. The maximum Gasteiger partial charge on any atom is 0.294 e. The fraction of sp³-hybridized carbons (Fsp3) is 0.217. The van der Waals surface area contributed by atoms with E-state index in [9.17, 15) is 4.79 Å². The Bertz CT molecular complexity index is 1340. The van der Waals surface area contributed by atoms with Crippen molar-refractivity contribution in [1.29, 1.82) is 0 Å². The van der Waals surface area contributed by atoms with Crippen molar-refractivity contribution in [2.75, 3.05) is 20.0 Å². The van der Waals surface area contributed by atoms with E-state index >= 15 is 0 Å². The van der Waals surface area contributed by atoms with Gasteiger partial charge in [0.05, 0.1) is 14.2 Å². The molecule has 12 nitrogen and oxygen atoms in total. The van der Waals surface area contributed by atoms with Gasteiger partial charge in [-0.2, -0.15) is 9.78 Å². The first kappa shape index (κ1) is 23.4. The number of hydrazone groups is 1. The quantitative estimate of drug-likeness (QED) is 0.274. The first-order valence-corrected chi connectivity index (χ1v) is 10.6. The van der Waals surface area contributed by atoms with Crippen LogP contribution in [0.5, 0.6) is 11.5 Å². The smallest absolute Gasteiger partial charge is 0.294 e.